The molecule has 10 nitrogen and oxygen atoms in total. The summed E-state index contributed by atoms with van der Waals surface area (Å²) in [7, 11) is 0. The molecule has 0 unspecified atom stereocenters. The van der Waals surface area contributed by atoms with E-state index < -0.39 is 0 Å². The highest BCUT2D eigenvalue weighted by molar-refractivity contribution is 5.92. The number of ether oxygens (including phenoxy) is 2. The number of aromatic nitrogens is 4. The Hall–Kier alpha value is -3.82. The topological polar surface area (TPSA) is 122 Å². The van der Waals surface area contributed by atoms with Gasteiger partial charge in [0.05, 0.1) is 0 Å². The van der Waals surface area contributed by atoms with Gasteiger partial charge in [0.2, 0.25) is 0 Å². The van der Waals surface area contributed by atoms with Gasteiger partial charge in [0, 0.05) is 48.5 Å². The van der Waals surface area contributed by atoms with Gasteiger partial charge in [0.1, 0.15) is 24.9 Å². The van der Waals surface area contributed by atoms with Crippen molar-refractivity contribution in [3.8, 4) is 0 Å². The van der Waals surface area contributed by atoms with Crippen molar-refractivity contribution < 1.29 is 28.7 Å². The smallest absolute Gasteiger partial charge is 0.419 e. The zero-order chi connectivity index (χ0) is 39.0. The van der Waals surface area contributed by atoms with Gasteiger partial charge in [-0.2, -0.15) is 0 Å². The lowest BCUT2D eigenvalue weighted by molar-refractivity contribution is -0.118. The minimum atomic E-state index is -0.307. The molecule has 10 heteroatoms. The molecular formula is C46H60N4O6. The van der Waals surface area contributed by atoms with Gasteiger partial charge in [0.25, 0.3) is 0 Å². The maximum Gasteiger partial charge on any atom is 0.419 e. The third-order valence-corrected chi connectivity index (χ3v) is 17.7. The van der Waals surface area contributed by atoms with Crippen molar-refractivity contribution in [3.63, 3.8) is 0 Å². The average molecular weight is 765 g/mol. The van der Waals surface area contributed by atoms with Crippen molar-refractivity contribution in [2.45, 2.75) is 143 Å². The van der Waals surface area contributed by atoms with E-state index >= 15 is 0 Å². The summed E-state index contributed by atoms with van der Waals surface area (Å²) in [6.45, 7) is 9.53. The number of hydrogen-bond acceptors (Lipinski definition) is 8. The summed E-state index contributed by atoms with van der Waals surface area (Å²) < 4.78 is 14.8. The Bertz CT molecular complexity index is 1800. The number of allylic oxidation sites excluding steroid dienone is 2. The van der Waals surface area contributed by atoms with E-state index in [1.54, 1.807) is 24.8 Å². The van der Waals surface area contributed by atoms with Crippen LogP contribution in [0.1, 0.15) is 130 Å². The van der Waals surface area contributed by atoms with E-state index in [0.29, 0.717) is 59.9 Å². The second kappa shape index (κ2) is 13.9. The molecule has 2 heterocycles. The van der Waals surface area contributed by atoms with Crippen molar-refractivity contribution in [1.82, 2.24) is 19.1 Å². The summed E-state index contributed by atoms with van der Waals surface area (Å²) >= 11 is 0. The second-order valence-corrected chi connectivity index (χ2v) is 19.9. The summed E-state index contributed by atoms with van der Waals surface area (Å²) in [4.78, 5) is 56.8. The summed E-state index contributed by atoms with van der Waals surface area (Å²) in [5, 5.41) is 0. The third-order valence-electron chi connectivity index (χ3n) is 17.7. The average Bonchev–Trinajstić information content (AvgIpc) is 4.01. The Balaban J connectivity index is 0.000000146. The minimum absolute atomic E-state index is 0.00831. The first-order chi connectivity index (χ1) is 26.8. The molecule has 56 heavy (non-hydrogen) atoms. The zero-order valence-corrected chi connectivity index (χ0v) is 33.8. The van der Waals surface area contributed by atoms with Crippen LogP contribution in [0.5, 0.6) is 0 Å². The number of nitrogens with zero attached hydrogens (tertiary/aromatic N) is 4. The molecule has 0 N–H and O–H groups in total. The van der Waals surface area contributed by atoms with Crippen LogP contribution in [0.4, 0.5) is 9.59 Å². The first-order valence-electron chi connectivity index (χ1n) is 21.7. The predicted octanol–water partition coefficient (Wildman–Crippen LogP) is 9.54. The van der Waals surface area contributed by atoms with Crippen LogP contribution >= 0.6 is 0 Å². The lowest BCUT2D eigenvalue weighted by atomic mass is 9.47. The summed E-state index contributed by atoms with van der Waals surface area (Å²) in [5.41, 5.74) is 3.36. The van der Waals surface area contributed by atoms with Crippen molar-refractivity contribution in [3.05, 3.63) is 60.7 Å². The van der Waals surface area contributed by atoms with Crippen LogP contribution in [0.3, 0.4) is 0 Å². The molecule has 0 amide bonds. The lowest BCUT2D eigenvalue weighted by Crippen LogP contribution is -2.51. The van der Waals surface area contributed by atoms with E-state index in [0.717, 1.165) is 64.2 Å². The molecule has 6 saturated carbocycles. The predicted molar refractivity (Wildman–Crippen MR) is 209 cm³/mol. The lowest BCUT2D eigenvalue weighted by Gasteiger charge is -2.57. The quantitative estimate of drug-likeness (QED) is 0.297. The van der Waals surface area contributed by atoms with Crippen LogP contribution in [0.15, 0.2) is 60.7 Å². The molecule has 12 atom stereocenters. The first-order valence-corrected chi connectivity index (χ1v) is 21.7. The number of ketones is 2. The fourth-order valence-corrected chi connectivity index (χ4v) is 14.5. The van der Waals surface area contributed by atoms with E-state index in [9.17, 15) is 19.2 Å². The highest BCUT2D eigenvalue weighted by Gasteiger charge is 2.61. The van der Waals surface area contributed by atoms with Gasteiger partial charge >= 0.3 is 12.2 Å². The highest BCUT2D eigenvalue weighted by atomic mass is 16.6. The van der Waals surface area contributed by atoms with Crippen LogP contribution in [-0.2, 0) is 19.1 Å². The molecule has 0 saturated heterocycles. The number of carbonyl (C=O) groups excluding carboxylic acids is 4. The van der Waals surface area contributed by atoms with Gasteiger partial charge < -0.3 is 9.47 Å². The summed E-state index contributed by atoms with van der Waals surface area (Å²) in [6, 6.07) is 0. The molecule has 8 aliphatic rings. The van der Waals surface area contributed by atoms with E-state index in [-0.39, 0.29) is 46.1 Å². The normalized spacial score (nSPS) is 42.2. The molecule has 10 rings (SSSR count). The molecule has 0 aromatic carbocycles. The molecule has 0 bridgehead atoms. The number of fused-ring (bicyclic) bond motifs is 10. The van der Waals surface area contributed by atoms with Crippen LogP contribution in [-0.4, -0.2) is 55.1 Å². The van der Waals surface area contributed by atoms with Crippen LogP contribution in [0, 0.1) is 57.2 Å². The molecule has 0 spiro atoms. The van der Waals surface area contributed by atoms with Crippen molar-refractivity contribution in [2.75, 3.05) is 0 Å². The molecule has 0 radical (unpaired) electrons. The third kappa shape index (κ3) is 6.00. The highest BCUT2D eigenvalue weighted by Crippen LogP contribution is 2.67. The van der Waals surface area contributed by atoms with Crippen LogP contribution in [0.25, 0.3) is 0 Å². The molecule has 8 aliphatic carbocycles. The molecule has 0 aliphatic heterocycles. The number of rotatable bonds is 2. The zero-order valence-electron chi connectivity index (χ0n) is 33.8. The van der Waals surface area contributed by atoms with Gasteiger partial charge in [-0.15, -0.1) is 0 Å². The van der Waals surface area contributed by atoms with E-state index in [4.69, 9.17) is 9.47 Å². The van der Waals surface area contributed by atoms with E-state index in [2.05, 4.69) is 37.7 Å². The second-order valence-electron chi connectivity index (χ2n) is 19.9. The Morgan fingerprint density at radius 2 is 1.00 bits per heavy atom. The summed E-state index contributed by atoms with van der Waals surface area (Å²) in [6.07, 6.45) is 29.6. The van der Waals surface area contributed by atoms with Crippen LogP contribution < -0.4 is 0 Å². The van der Waals surface area contributed by atoms with Crippen molar-refractivity contribution >= 4 is 23.8 Å². The minimum Gasteiger partial charge on any atom is -0.445 e. The standard InChI is InChI=1S/2C23H30N2O3/c2*1-22-9-7-16(26)13-15(22)3-4-17-18-5-6-20(23(18,2)10-8-19(17)22)28-21(27)25-12-11-24-14-25/h2*11-14,17-20H,3-10H2,1-2H3/t2*17-,18-,19-,20-,22-,23-/m00/s1. The Morgan fingerprint density at radius 3 is 1.39 bits per heavy atom. The van der Waals surface area contributed by atoms with Gasteiger partial charge in [-0.25, -0.2) is 28.7 Å². The van der Waals surface area contributed by atoms with Crippen molar-refractivity contribution in [1.29, 1.82) is 0 Å². The Kier molecular flexibility index (Phi) is 9.39. The number of carbonyl (C=O) groups is 4. The van der Waals surface area contributed by atoms with Gasteiger partial charge in [-0.05, 0) is 148 Å². The van der Waals surface area contributed by atoms with E-state index in [1.165, 1.54) is 58.6 Å². The molecule has 2 aromatic rings. The van der Waals surface area contributed by atoms with Gasteiger partial charge in [-0.3, -0.25) is 9.59 Å². The number of hydrogen-bond donors (Lipinski definition) is 0. The first kappa shape index (κ1) is 37.7. The Labute approximate surface area is 331 Å². The largest absolute Gasteiger partial charge is 0.445 e. The molecule has 2 aromatic heterocycles. The van der Waals surface area contributed by atoms with E-state index in [1.807, 2.05) is 12.2 Å². The molecular weight excluding hydrogens is 705 g/mol. The summed E-state index contributed by atoms with van der Waals surface area (Å²) in [5.74, 6) is 4.57. The molecule has 300 valence electrons. The maximum absolute atomic E-state index is 12.5. The maximum atomic E-state index is 12.5. The van der Waals surface area contributed by atoms with Crippen molar-refractivity contribution in [2.24, 2.45) is 57.2 Å². The Morgan fingerprint density at radius 1 is 0.571 bits per heavy atom. The van der Waals surface area contributed by atoms with Gasteiger partial charge in [-0.1, -0.05) is 38.8 Å². The van der Waals surface area contributed by atoms with Gasteiger partial charge in [0.15, 0.2) is 11.6 Å². The SMILES string of the molecule is C[C@]12CC[C@H]3[C@@H](CCC4=CC(=O)CC[C@@]43C)[C@@H]1CC[C@@H]2OC(=O)n1ccnc1.C[C@]12CC[C@H]3[C@@H](CCC4=CC(=O)CC[C@@]43C)[C@@H]1CC[C@@H]2OC(=O)n1ccnc1. The monoisotopic (exact) mass is 764 g/mol. The fraction of sp³-hybridized carbons (Fsp3) is 0.696. The van der Waals surface area contributed by atoms with Crippen LogP contribution in [0.2, 0.25) is 0 Å². The number of imidazole rings is 2. The fourth-order valence-electron chi connectivity index (χ4n) is 14.5. The molecule has 6 fully saturated rings.